The molecule has 76 valence electrons. The molecule has 13 heavy (non-hydrogen) atoms. The zero-order valence-electron chi connectivity index (χ0n) is 8.46. The molecule has 0 unspecified atom stereocenters. The van der Waals surface area contributed by atoms with Crippen LogP contribution < -0.4 is 5.32 Å². The average molecular weight is 184 g/mol. The number of nitrogens with one attached hydrogen (secondary N) is 1. The van der Waals surface area contributed by atoms with Gasteiger partial charge in [-0.25, -0.2) is 0 Å². The predicted octanol–water partition coefficient (Wildman–Crippen LogP) is 0.340. The Kier molecular flexibility index (Phi) is 5.05. The minimum Gasteiger partial charge on any atom is -0.383 e. The molecule has 0 bridgehead atoms. The smallest absolute Gasteiger partial charge is 0.0589 e. The second-order valence-electron chi connectivity index (χ2n) is 3.57. The van der Waals surface area contributed by atoms with E-state index in [0.29, 0.717) is 0 Å². The van der Waals surface area contributed by atoms with Crippen molar-refractivity contribution in [2.24, 2.45) is 5.92 Å². The van der Waals surface area contributed by atoms with Gasteiger partial charge in [0.25, 0.3) is 0 Å². The van der Waals surface area contributed by atoms with Crippen LogP contribution in [0.15, 0.2) is 12.7 Å². The molecule has 3 nitrogen and oxygen atoms in total. The molecule has 0 atom stereocenters. The molecule has 0 aliphatic carbocycles. The lowest BCUT2D eigenvalue weighted by Gasteiger charge is -2.32. The zero-order valence-corrected chi connectivity index (χ0v) is 8.46. The van der Waals surface area contributed by atoms with Crippen molar-refractivity contribution < 1.29 is 4.74 Å². The zero-order chi connectivity index (χ0) is 9.52. The fourth-order valence-electron chi connectivity index (χ4n) is 1.50. The van der Waals surface area contributed by atoms with Gasteiger partial charge in [0, 0.05) is 39.8 Å². The van der Waals surface area contributed by atoms with Gasteiger partial charge in [-0.1, -0.05) is 6.08 Å². The molecule has 3 heteroatoms. The van der Waals surface area contributed by atoms with E-state index in [1.54, 1.807) is 7.11 Å². The van der Waals surface area contributed by atoms with E-state index in [0.717, 1.165) is 25.6 Å². The van der Waals surface area contributed by atoms with Crippen LogP contribution in [0.3, 0.4) is 0 Å². The molecule has 0 aromatic rings. The summed E-state index contributed by atoms with van der Waals surface area (Å²) in [6.45, 7) is 10.1. The Labute approximate surface area is 80.8 Å². The highest BCUT2D eigenvalue weighted by atomic mass is 16.5. The SMILES string of the molecule is C=CCN(CCOC)CC1CNC1. The molecule has 0 aromatic heterocycles. The first-order valence-corrected chi connectivity index (χ1v) is 4.89. The third-order valence-corrected chi connectivity index (χ3v) is 2.38. The third-order valence-electron chi connectivity index (χ3n) is 2.38. The minimum atomic E-state index is 0.813. The normalized spacial score (nSPS) is 17.4. The molecule has 1 saturated heterocycles. The number of hydrogen-bond acceptors (Lipinski definition) is 3. The fourth-order valence-corrected chi connectivity index (χ4v) is 1.50. The summed E-state index contributed by atoms with van der Waals surface area (Å²) in [7, 11) is 1.75. The lowest BCUT2D eigenvalue weighted by molar-refractivity contribution is 0.134. The summed E-state index contributed by atoms with van der Waals surface area (Å²) in [6.07, 6.45) is 1.96. The van der Waals surface area contributed by atoms with Gasteiger partial charge in [0.1, 0.15) is 0 Å². The summed E-state index contributed by atoms with van der Waals surface area (Å²) in [6, 6.07) is 0. The number of nitrogens with zero attached hydrogens (tertiary/aromatic N) is 1. The molecule has 1 heterocycles. The van der Waals surface area contributed by atoms with Gasteiger partial charge in [-0.3, -0.25) is 4.90 Å². The van der Waals surface area contributed by atoms with E-state index in [-0.39, 0.29) is 0 Å². The van der Waals surface area contributed by atoms with Gasteiger partial charge in [0.05, 0.1) is 6.61 Å². The monoisotopic (exact) mass is 184 g/mol. The van der Waals surface area contributed by atoms with Gasteiger partial charge in [0.2, 0.25) is 0 Å². The van der Waals surface area contributed by atoms with Crippen molar-refractivity contribution in [2.75, 3.05) is 46.4 Å². The molecule has 0 aromatic carbocycles. The van der Waals surface area contributed by atoms with E-state index < -0.39 is 0 Å². The highest BCUT2D eigenvalue weighted by Crippen LogP contribution is 2.05. The first-order valence-electron chi connectivity index (χ1n) is 4.89. The number of rotatable bonds is 7. The Balaban J connectivity index is 2.15. The van der Waals surface area contributed by atoms with Crippen molar-refractivity contribution in [3.8, 4) is 0 Å². The molecule has 1 fully saturated rings. The molecule has 1 aliphatic heterocycles. The first-order chi connectivity index (χ1) is 6.36. The van der Waals surface area contributed by atoms with Crippen LogP contribution >= 0.6 is 0 Å². The number of hydrogen-bond donors (Lipinski definition) is 1. The highest BCUT2D eigenvalue weighted by Gasteiger charge is 2.19. The second-order valence-corrected chi connectivity index (χ2v) is 3.57. The van der Waals surface area contributed by atoms with E-state index in [9.17, 15) is 0 Å². The molecule has 0 saturated carbocycles. The third kappa shape index (κ3) is 3.89. The molecule has 1 aliphatic rings. The summed E-state index contributed by atoms with van der Waals surface area (Å²) in [5.74, 6) is 0.830. The molecular formula is C10H20N2O. The maximum Gasteiger partial charge on any atom is 0.0589 e. The summed E-state index contributed by atoms with van der Waals surface area (Å²) >= 11 is 0. The summed E-state index contributed by atoms with van der Waals surface area (Å²) < 4.78 is 5.06. The average Bonchev–Trinajstić information content (AvgIpc) is 2.07. The lowest BCUT2D eigenvalue weighted by Crippen LogP contribution is -2.48. The Hall–Kier alpha value is -0.380. The van der Waals surface area contributed by atoms with Crippen LogP contribution in [0.1, 0.15) is 0 Å². The van der Waals surface area contributed by atoms with E-state index in [2.05, 4.69) is 16.8 Å². The van der Waals surface area contributed by atoms with Crippen molar-refractivity contribution in [3.63, 3.8) is 0 Å². The summed E-state index contributed by atoms with van der Waals surface area (Å²) in [5.41, 5.74) is 0. The van der Waals surface area contributed by atoms with Crippen molar-refractivity contribution in [3.05, 3.63) is 12.7 Å². The maximum absolute atomic E-state index is 5.06. The topological polar surface area (TPSA) is 24.5 Å². The van der Waals surface area contributed by atoms with Gasteiger partial charge in [-0.15, -0.1) is 6.58 Å². The molecule has 0 amide bonds. The highest BCUT2D eigenvalue weighted by molar-refractivity contribution is 4.81. The predicted molar refractivity (Wildman–Crippen MR) is 54.9 cm³/mol. The Morgan fingerprint density at radius 2 is 2.38 bits per heavy atom. The van der Waals surface area contributed by atoms with Crippen molar-refractivity contribution >= 4 is 0 Å². The van der Waals surface area contributed by atoms with Gasteiger partial charge < -0.3 is 10.1 Å². The van der Waals surface area contributed by atoms with Crippen LogP contribution in [-0.2, 0) is 4.74 Å². The van der Waals surface area contributed by atoms with E-state index in [4.69, 9.17) is 4.74 Å². The molecule has 1 N–H and O–H groups in total. The van der Waals surface area contributed by atoms with Crippen LogP contribution in [0.25, 0.3) is 0 Å². The first kappa shape index (κ1) is 10.7. The van der Waals surface area contributed by atoms with Crippen LogP contribution in [0.5, 0.6) is 0 Å². The van der Waals surface area contributed by atoms with Crippen LogP contribution in [-0.4, -0.2) is 51.3 Å². The maximum atomic E-state index is 5.06. The van der Waals surface area contributed by atoms with Gasteiger partial charge in [0.15, 0.2) is 0 Å². The van der Waals surface area contributed by atoms with Crippen molar-refractivity contribution in [1.29, 1.82) is 0 Å². The van der Waals surface area contributed by atoms with Gasteiger partial charge in [-0.2, -0.15) is 0 Å². The van der Waals surface area contributed by atoms with Gasteiger partial charge >= 0.3 is 0 Å². The van der Waals surface area contributed by atoms with Crippen LogP contribution in [0, 0.1) is 5.92 Å². The second kappa shape index (κ2) is 6.13. The molecule has 1 rings (SSSR count). The van der Waals surface area contributed by atoms with Crippen LogP contribution in [0.4, 0.5) is 0 Å². The van der Waals surface area contributed by atoms with Crippen LogP contribution in [0.2, 0.25) is 0 Å². The lowest BCUT2D eigenvalue weighted by atomic mass is 10.0. The minimum absolute atomic E-state index is 0.813. The van der Waals surface area contributed by atoms with E-state index in [1.165, 1.54) is 19.6 Å². The Morgan fingerprint density at radius 1 is 1.62 bits per heavy atom. The Bertz CT molecular complexity index is 146. The van der Waals surface area contributed by atoms with Gasteiger partial charge in [-0.05, 0) is 5.92 Å². The molecule has 0 radical (unpaired) electrons. The number of ether oxygens (including phenoxy) is 1. The van der Waals surface area contributed by atoms with E-state index >= 15 is 0 Å². The largest absolute Gasteiger partial charge is 0.383 e. The fraction of sp³-hybridized carbons (Fsp3) is 0.800. The number of methoxy groups -OCH3 is 1. The summed E-state index contributed by atoms with van der Waals surface area (Å²) in [5, 5.41) is 3.28. The molecule has 0 spiro atoms. The Morgan fingerprint density at radius 3 is 2.85 bits per heavy atom. The standard InChI is InChI=1S/C10H20N2O/c1-3-4-12(5-6-13-2)9-10-7-11-8-10/h3,10-11H,1,4-9H2,2H3. The molecular weight excluding hydrogens is 164 g/mol. The van der Waals surface area contributed by atoms with Crippen molar-refractivity contribution in [1.82, 2.24) is 10.2 Å². The van der Waals surface area contributed by atoms with E-state index in [1.807, 2.05) is 6.08 Å². The summed E-state index contributed by atoms with van der Waals surface area (Å²) in [4.78, 5) is 2.39. The quantitative estimate of drug-likeness (QED) is 0.577. The van der Waals surface area contributed by atoms with Crippen molar-refractivity contribution in [2.45, 2.75) is 0 Å².